The van der Waals surface area contributed by atoms with Gasteiger partial charge >= 0.3 is 0 Å². The molecule has 0 saturated carbocycles. The SMILES string of the molecule is CCCNC(CCCS(C)(=O)=O)CSc1cccc(F)c1. The maximum atomic E-state index is 13.1. The molecule has 0 bridgehead atoms. The molecule has 6 heteroatoms. The summed E-state index contributed by atoms with van der Waals surface area (Å²) in [4.78, 5) is 0.904. The molecule has 1 rings (SSSR count). The van der Waals surface area contributed by atoms with Gasteiger partial charge in [0.05, 0.1) is 0 Å². The topological polar surface area (TPSA) is 46.2 Å². The minimum Gasteiger partial charge on any atom is -0.313 e. The summed E-state index contributed by atoms with van der Waals surface area (Å²) in [6.45, 7) is 3.01. The van der Waals surface area contributed by atoms with Crippen LogP contribution < -0.4 is 5.32 Å². The number of thioether (sulfide) groups is 1. The number of sulfone groups is 1. The van der Waals surface area contributed by atoms with Crippen LogP contribution in [0, 0.1) is 5.82 Å². The molecule has 0 spiro atoms. The van der Waals surface area contributed by atoms with E-state index in [4.69, 9.17) is 0 Å². The molecular weight excluding hydrogens is 309 g/mol. The number of benzene rings is 1. The minimum atomic E-state index is -2.90. The Hall–Kier alpha value is -0.590. The summed E-state index contributed by atoms with van der Waals surface area (Å²) in [6.07, 6.45) is 3.77. The van der Waals surface area contributed by atoms with Crippen LogP contribution in [0.1, 0.15) is 26.2 Å². The Morgan fingerprint density at radius 2 is 2.14 bits per heavy atom. The Kier molecular flexibility index (Phi) is 8.29. The van der Waals surface area contributed by atoms with Gasteiger partial charge in [0.1, 0.15) is 15.7 Å². The lowest BCUT2D eigenvalue weighted by molar-refractivity contribution is 0.512. The largest absolute Gasteiger partial charge is 0.313 e. The van der Waals surface area contributed by atoms with Gasteiger partial charge in [-0.1, -0.05) is 13.0 Å². The minimum absolute atomic E-state index is 0.224. The maximum Gasteiger partial charge on any atom is 0.147 e. The summed E-state index contributed by atoms with van der Waals surface area (Å²) in [5, 5.41) is 3.43. The second kappa shape index (κ2) is 9.43. The summed E-state index contributed by atoms with van der Waals surface area (Å²) in [7, 11) is -2.90. The van der Waals surface area contributed by atoms with Crippen molar-refractivity contribution in [3.8, 4) is 0 Å². The number of hydrogen-bond acceptors (Lipinski definition) is 4. The molecule has 0 aliphatic carbocycles. The average Bonchev–Trinajstić information content (AvgIpc) is 2.40. The normalized spacial score (nSPS) is 13.3. The van der Waals surface area contributed by atoms with Crippen molar-refractivity contribution in [2.45, 2.75) is 37.1 Å². The van der Waals surface area contributed by atoms with Crippen LogP contribution in [0.15, 0.2) is 29.2 Å². The van der Waals surface area contributed by atoms with Gasteiger partial charge in [0, 0.05) is 28.7 Å². The van der Waals surface area contributed by atoms with Crippen molar-refractivity contribution >= 4 is 21.6 Å². The van der Waals surface area contributed by atoms with Crippen molar-refractivity contribution in [1.82, 2.24) is 5.32 Å². The van der Waals surface area contributed by atoms with Crippen LogP contribution >= 0.6 is 11.8 Å². The van der Waals surface area contributed by atoms with Gasteiger partial charge in [-0.05, 0) is 44.0 Å². The molecule has 0 aromatic heterocycles. The zero-order chi connectivity index (χ0) is 15.7. The smallest absolute Gasteiger partial charge is 0.147 e. The Morgan fingerprint density at radius 3 is 2.76 bits per heavy atom. The molecule has 0 saturated heterocycles. The highest BCUT2D eigenvalue weighted by atomic mass is 32.2. The highest BCUT2D eigenvalue weighted by Gasteiger charge is 2.11. The third-order valence-electron chi connectivity index (χ3n) is 3.00. The van der Waals surface area contributed by atoms with Gasteiger partial charge in [0.25, 0.3) is 0 Å². The van der Waals surface area contributed by atoms with Crippen LogP contribution in [0.4, 0.5) is 4.39 Å². The van der Waals surface area contributed by atoms with Crippen molar-refractivity contribution in [3.63, 3.8) is 0 Å². The lowest BCUT2D eigenvalue weighted by Crippen LogP contribution is -2.32. The van der Waals surface area contributed by atoms with Crippen LogP contribution in [0.2, 0.25) is 0 Å². The fraction of sp³-hybridized carbons (Fsp3) is 0.600. The first-order valence-corrected chi connectivity index (χ1v) is 10.2. The molecule has 1 aromatic rings. The number of nitrogens with one attached hydrogen (secondary N) is 1. The third kappa shape index (κ3) is 9.11. The summed E-state index contributed by atoms with van der Waals surface area (Å²) < 4.78 is 35.5. The zero-order valence-electron chi connectivity index (χ0n) is 12.6. The lowest BCUT2D eigenvalue weighted by Gasteiger charge is -2.18. The molecule has 1 N–H and O–H groups in total. The molecule has 0 radical (unpaired) electrons. The first-order valence-electron chi connectivity index (χ1n) is 7.20. The van der Waals surface area contributed by atoms with E-state index < -0.39 is 9.84 Å². The van der Waals surface area contributed by atoms with Crippen molar-refractivity contribution in [3.05, 3.63) is 30.1 Å². The molecule has 1 atom stereocenters. The van der Waals surface area contributed by atoms with E-state index >= 15 is 0 Å². The van der Waals surface area contributed by atoms with Gasteiger partial charge in [-0.15, -0.1) is 11.8 Å². The quantitative estimate of drug-likeness (QED) is 0.668. The van der Waals surface area contributed by atoms with Crippen molar-refractivity contribution in [2.24, 2.45) is 0 Å². The molecule has 3 nitrogen and oxygen atoms in total. The van der Waals surface area contributed by atoms with E-state index in [2.05, 4.69) is 12.2 Å². The van der Waals surface area contributed by atoms with Crippen molar-refractivity contribution in [1.29, 1.82) is 0 Å². The van der Waals surface area contributed by atoms with E-state index in [1.54, 1.807) is 17.8 Å². The van der Waals surface area contributed by atoms with Crippen LogP contribution in [0.3, 0.4) is 0 Å². The molecule has 1 unspecified atom stereocenters. The Balaban J connectivity index is 2.45. The van der Waals surface area contributed by atoms with E-state index in [0.29, 0.717) is 6.42 Å². The molecule has 0 fully saturated rings. The third-order valence-corrected chi connectivity index (χ3v) is 5.18. The predicted octanol–water partition coefficient (Wildman–Crippen LogP) is 3.11. The monoisotopic (exact) mass is 333 g/mol. The molecule has 21 heavy (non-hydrogen) atoms. The highest BCUT2D eigenvalue weighted by molar-refractivity contribution is 7.99. The average molecular weight is 333 g/mol. The Morgan fingerprint density at radius 1 is 1.38 bits per heavy atom. The summed E-state index contributed by atoms with van der Waals surface area (Å²) in [5.41, 5.74) is 0. The van der Waals surface area contributed by atoms with Crippen molar-refractivity contribution < 1.29 is 12.8 Å². The molecule has 1 aromatic carbocycles. The lowest BCUT2D eigenvalue weighted by atomic mass is 10.2. The van der Waals surface area contributed by atoms with Crippen LogP contribution in [-0.4, -0.2) is 38.8 Å². The van der Waals surface area contributed by atoms with E-state index in [1.165, 1.54) is 18.4 Å². The standard InChI is InChI=1S/C15H24FNO2S2/c1-3-9-17-14(7-5-10-21(2,18)19)12-20-15-8-4-6-13(16)11-15/h4,6,8,11,14,17H,3,5,7,9-10,12H2,1-2H3. The molecule has 120 valence electrons. The van der Waals surface area contributed by atoms with Gasteiger partial charge in [0.2, 0.25) is 0 Å². The molecule has 0 aliphatic rings. The van der Waals surface area contributed by atoms with Crippen molar-refractivity contribution in [2.75, 3.05) is 24.3 Å². The van der Waals surface area contributed by atoms with Gasteiger partial charge in [-0.3, -0.25) is 0 Å². The summed E-state index contributed by atoms with van der Waals surface area (Å²) >= 11 is 1.60. The second-order valence-corrected chi connectivity index (χ2v) is 8.54. The van der Waals surface area contributed by atoms with E-state index in [9.17, 15) is 12.8 Å². The number of halogens is 1. The van der Waals surface area contributed by atoms with Crippen LogP contribution in [-0.2, 0) is 9.84 Å². The zero-order valence-corrected chi connectivity index (χ0v) is 14.3. The van der Waals surface area contributed by atoms with Gasteiger partial charge in [-0.2, -0.15) is 0 Å². The fourth-order valence-corrected chi connectivity index (χ4v) is 3.68. The molecule has 0 aliphatic heterocycles. The van der Waals surface area contributed by atoms with E-state index in [1.807, 2.05) is 6.07 Å². The maximum absolute atomic E-state index is 13.1. The predicted molar refractivity (Wildman–Crippen MR) is 88.2 cm³/mol. The Bertz CT molecular complexity index is 520. The second-order valence-electron chi connectivity index (χ2n) is 5.19. The first kappa shape index (κ1) is 18.5. The van der Waals surface area contributed by atoms with E-state index in [0.717, 1.165) is 30.0 Å². The van der Waals surface area contributed by atoms with E-state index in [-0.39, 0.29) is 17.6 Å². The fourth-order valence-electron chi connectivity index (χ4n) is 1.94. The number of rotatable bonds is 10. The summed E-state index contributed by atoms with van der Waals surface area (Å²) in [6, 6.07) is 6.80. The number of hydrogen-bond donors (Lipinski definition) is 1. The molecule has 0 heterocycles. The highest BCUT2D eigenvalue weighted by Crippen LogP contribution is 2.20. The molecule has 0 amide bonds. The van der Waals surface area contributed by atoms with Gasteiger partial charge in [-0.25, -0.2) is 12.8 Å². The van der Waals surface area contributed by atoms with Gasteiger partial charge in [0.15, 0.2) is 0 Å². The van der Waals surface area contributed by atoms with Gasteiger partial charge < -0.3 is 5.32 Å². The van der Waals surface area contributed by atoms with Crippen LogP contribution in [0.25, 0.3) is 0 Å². The van der Waals surface area contributed by atoms with Crippen LogP contribution in [0.5, 0.6) is 0 Å². The molecular formula is C15H24FNO2S2. The first-order chi connectivity index (χ1) is 9.90. The Labute approximate surface area is 131 Å². The summed E-state index contributed by atoms with van der Waals surface area (Å²) in [5.74, 6) is 0.810.